The Morgan fingerprint density at radius 2 is 2.20 bits per heavy atom. The van der Waals surface area contributed by atoms with Gasteiger partial charge in [0.05, 0.1) is 5.41 Å². The Bertz CT molecular complexity index is 649. The summed E-state index contributed by atoms with van der Waals surface area (Å²) >= 11 is 0. The summed E-state index contributed by atoms with van der Waals surface area (Å²) in [5, 5.41) is 19.9. The lowest BCUT2D eigenvalue weighted by Gasteiger charge is -2.32. The van der Waals surface area contributed by atoms with E-state index >= 15 is 0 Å². The van der Waals surface area contributed by atoms with Crippen molar-refractivity contribution in [2.24, 2.45) is 0 Å². The van der Waals surface area contributed by atoms with Crippen LogP contribution in [0.2, 0.25) is 0 Å². The molecule has 0 fully saturated rings. The maximum atomic E-state index is 10.1. The molecule has 0 bridgehead atoms. The summed E-state index contributed by atoms with van der Waals surface area (Å²) in [6.07, 6.45) is 6.21. The van der Waals surface area contributed by atoms with Crippen molar-refractivity contribution >= 4 is 0 Å². The molecule has 2 heterocycles. The van der Waals surface area contributed by atoms with Crippen LogP contribution in [0, 0.1) is 0 Å². The summed E-state index contributed by atoms with van der Waals surface area (Å²) in [5.41, 5.74) is 2.02. The highest BCUT2D eigenvalue weighted by Crippen LogP contribution is 2.54. The van der Waals surface area contributed by atoms with Crippen molar-refractivity contribution in [3.05, 3.63) is 47.2 Å². The van der Waals surface area contributed by atoms with Crippen molar-refractivity contribution < 1.29 is 14.9 Å². The zero-order valence-corrected chi connectivity index (χ0v) is 11.3. The van der Waals surface area contributed by atoms with E-state index in [1.807, 2.05) is 12.1 Å². The highest BCUT2D eigenvalue weighted by Gasteiger charge is 2.51. The van der Waals surface area contributed by atoms with Gasteiger partial charge in [-0.2, -0.15) is 0 Å². The van der Waals surface area contributed by atoms with Crippen LogP contribution in [0.1, 0.15) is 17.5 Å². The normalized spacial score (nSPS) is 31.1. The third kappa shape index (κ3) is 1.40. The van der Waals surface area contributed by atoms with Crippen LogP contribution in [-0.2, 0) is 12.0 Å². The van der Waals surface area contributed by atoms with Gasteiger partial charge in [-0.15, -0.1) is 0 Å². The SMILES string of the molecule is CN1CCC23C=CC(O)=CC2Oc2c(O)ccc(c23)C1. The molecule has 2 unspecified atom stereocenters. The minimum atomic E-state index is -0.263. The average molecular weight is 271 g/mol. The minimum absolute atomic E-state index is 0.184. The van der Waals surface area contributed by atoms with Crippen LogP contribution < -0.4 is 4.74 Å². The molecule has 0 radical (unpaired) electrons. The molecule has 4 rings (SSSR count). The number of ether oxygens (including phenoxy) is 1. The zero-order chi connectivity index (χ0) is 13.9. The van der Waals surface area contributed by atoms with Gasteiger partial charge < -0.3 is 19.8 Å². The fraction of sp³-hybridized carbons (Fsp3) is 0.375. The Labute approximate surface area is 117 Å². The lowest BCUT2D eigenvalue weighted by molar-refractivity contribution is 0.188. The van der Waals surface area contributed by atoms with Crippen molar-refractivity contribution in [3.8, 4) is 11.5 Å². The fourth-order valence-electron chi connectivity index (χ4n) is 3.65. The van der Waals surface area contributed by atoms with Gasteiger partial charge in [-0.25, -0.2) is 0 Å². The number of phenolic OH excluding ortho intramolecular Hbond substituents is 1. The van der Waals surface area contributed by atoms with Crippen molar-refractivity contribution in [3.63, 3.8) is 0 Å². The Morgan fingerprint density at radius 3 is 3.05 bits per heavy atom. The van der Waals surface area contributed by atoms with E-state index in [0.29, 0.717) is 5.75 Å². The summed E-state index contributed by atoms with van der Waals surface area (Å²) in [6.45, 7) is 1.80. The first-order chi connectivity index (χ1) is 9.60. The molecule has 1 spiro atoms. The molecule has 1 aliphatic carbocycles. The number of hydrogen-bond donors (Lipinski definition) is 2. The van der Waals surface area contributed by atoms with Gasteiger partial charge in [0.1, 0.15) is 11.9 Å². The first-order valence-electron chi connectivity index (χ1n) is 6.91. The van der Waals surface area contributed by atoms with E-state index in [1.165, 1.54) is 5.56 Å². The number of rotatable bonds is 0. The van der Waals surface area contributed by atoms with E-state index in [2.05, 4.69) is 11.9 Å². The van der Waals surface area contributed by atoms with Gasteiger partial charge in [0.15, 0.2) is 11.5 Å². The first kappa shape index (κ1) is 11.9. The standard InChI is InChI=1S/C16H17NO3/c1-17-7-6-16-5-4-11(18)8-13(16)20-15-12(19)3-2-10(9-17)14(15)16/h2-5,8,13,18-19H,6-7,9H2,1H3. The van der Waals surface area contributed by atoms with Crippen molar-refractivity contribution in [2.45, 2.75) is 24.5 Å². The number of phenols is 1. The minimum Gasteiger partial charge on any atom is -0.508 e. The van der Waals surface area contributed by atoms with Crippen LogP contribution in [0.25, 0.3) is 0 Å². The molecule has 3 aliphatic rings. The second-order valence-electron chi connectivity index (χ2n) is 5.94. The first-order valence-corrected chi connectivity index (χ1v) is 6.91. The third-order valence-electron chi connectivity index (χ3n) is 4.66. The Balaban J connectivity index is 1.99. The van der Waals surface area contributed by atoms with E-state index in [1.54, 1.807) is 18.2 Å². The molecule has 1 aromatic carbocycles. The molecule has 0 aromatic heterocycles. The molecule has 0 saturated carbocycles. The second kappa shape index (κ2) is 3.79. The second-order valence-corrected chi connectivity index (χ2v) is 5.94. The Morgan fingerprint density at radius 1 is 1.35 bits per heavy atom. The van der Waals surface area contributed by atoms with Crippen molar-refractivity contribution in [1.29, 1.82) is 0 Å². The molecular formula is C16H17NO3. The molecule has 104 valence electrons. The van der Waals surface area contributed by atoms with E-state index in [-0.39, 0.29) is 23.0 Å². The van der Waals surface area contributed by atoms with Gasteiger partial charge in [0.25, 0.3) is 0 Å². The van der Waals surface area contributed by atoms with Gasteiger partial charge >= 0.3 is 0 Å². The maximum absolute atomic E-state index is 10.1. The van der Waals surface area contributed by atoms with Gasteiger partial charge in [-0.3, -0.25) is 0 Å². The fourth-order valence-corrected chi connectivity index (χ4v) is 3.65. The van der Waals surface area contributed by atoms with Crippen LogP contribution in [0.4, 0.5) is 0 Å². The lowest BCUT2D eigenvalue weighted by Crippen LogP contribution is -2.38. The lowest BCUT2D eigenvalue weighted by atomic mass is 9.71. The van der Waals surface area contributed by atoms with Crippen molar-refractivity contribution in [2.75, 3.05) is 13.6 Å². The van der Waals surface area contributed by atoms with Crippen LogP contribution in [0.15, 0.2) is 36.1 Å². The number of aliphatic hydroxyl groups is 1. The predicted octanol–water partition coefficient (Wildman–Crippen LogP) is 2.24. The van der Waals surface area contributed by atoms with Crippen molar-refractivity contribution in [1.82, 2.24) is 4.90 Å². The van der Waals surface area contributed by atoms with E-state index in [9.17, 15) is 10.2 Å². The maximum Gasteiger partial charge on any atom is 0.166 e. The summed E-state index contributed by atoms with van der Waals surface area (Å²) in [5.74, 6) is 0.994. The van der Waals surface area contributed by atoms with Crippen LogP contribution >= 0.6 is 0 Å². The Hall–Kier alpha value is -1.94. The Kier molecular flexibility index (Phi) is 2.25. The predicted molar refractivity (Wildman–Crippen MR) is 75.0 cm³/mol. The molecule has 20 heavy (non-hydrogen) atoms. The number of hydrogen-bond acceptors (Lipinski definition) is 4. The number of benzene rings is 1. The number of nitrogens with zero attached hydrogens (tertiary/aromatic N) is 1. The van der Waals surface area contributed by atoms with Crippen LogP contribution in [0.3, 0.4) is 0 Å². The summed E-state index contributed by atoms with van der Waals surface area (Å²) in [4.78, 5) is 2.28. The van der Waals surface area contributed by atoms with Gasteiger partial charge in [-0.1, -0.05) is 12.1 Å². The quantitative estimate of drug-likeness (QED) is 0.760. The molecule has 4 heteroatoms. The van der Waals surface area contributed by atoms with E-state index in [0.717, 1.165) is 25.1 Å². The summed E-state index contributed by atoms with van der Waals surface area (Å²) < 4.78 is 5.96. The summed E-state index contributed by atoms with van der Waals surface area (Å²) in [7, 11) is 2.10. The molecule has 1 aromatic rings. The van der Waals surface area contributed by atoms with Gasteiger partial charge in [0, 0.05) is 12.1 Å². The van der Waals surface area contributed by atoms with E-state index in [4.69, 9.17) is 4.74 Å². The number of allylic oxidation sites excluding steroid dienone is 1. The largest absolute Gasteiger partial charge is 0.508 e. The topological polar surface area (TPSA) is 52.9 Å². The highest BCUT2D eigenvalue weighted by atomic mass is 16.5. The smallest absolute Gasteiger partial charge is 0.166 e. The van der Waals surface area contributed by atoms with Crippen LogP contribution in [-0.4, -0.2) is 34.8 Å². The average Bonchev–Trinajstić information content (AvgIpc) is 2.68. The molecule has 2 N–H and O–H groups in total. The zero-order valence-electron chi connectivity index (χ0n) is 11.3. The number of aliphatic hydroxyl groups excluding tert-OH is 1. The third-order valence-corrected chi connectivity index (χ3v) is 4.66. The molecule has 4 nitrogen and oxygen atoms in total. The molecule has 2 atom stereocenters. The molecular weight excluding hydrogens is 254 g/mol. The van der Waals surface area contributed by atoms with Crippen LogP contribution in [0.5, 0.6) is 11.5 Å². The monoisotopic (exact) mass is 271 g/mol. The van der Waals surface area contributed by atoms with Gasteiger partial charge in [0.2, 0.25) is 0 Å². The van der Waals surface area contributed by atoms with Gasteiger partial charge in [-0.05, 0) is 43.8 Å². The molecule has 0 amide bonds. The highest BCUT2D eigenvalue weighted by molar-refractivity contribution is 5.61. The van der Waals surface area contributed by atoms with E-state index < -0.39 is 0 Å². The molecule has 0 saturated heterocycles. The summed E-state index contributed by atoms with van der Waals surface area (Å²) in [6, 6.07) is 3.68. The number of aromatic hydroxyl groups is 1. The molecule has 2 aliphatic heterocycles.